The Hall–Kier alpha value is -0.320. The molecule has 2 nitrogen and oxygen atoms in total. The van der Waals surface area contributed by atoms with Crippen LogP contribution in [0.2, 0.25) is 0 Å². The number of aromatic nitrogens is 2. The lowest BCUT2D eigenvalue weighted by atomic mass is 10.2. The Morgan fingerprint density at radius 3 is 1.42 bits per heavy atom. The van der Waals surface area contributed by atoms with Gasteiger partial charge in [0.05, 0.1) is 0 Å². The number of hydrogen-bond acceptors (Lipinski definition) is 2. The standard InChI is InChI=1S/C20H22N2S2.2HI/c1-21-15-9-3-5-11-17(15)23-19(21)13-7-8-14-20-22(2)16-10-4-6-12-18(16)24-20;;/h3-6,9-12H,7-8,13-14H2,1-2H3;2*1H/q+2;;/p-2. The van der Waals surface area contributed by atoms with Crippen LogP contribution in [0.5, 0.6) is 0 Å². The fourth-order valence-corrected chi connectivity index (χ4v) is 5.67. The van der Waals surface area contributed by atoms with Gasteiger partial charge in [-0.15, -0.1) is 0 Å². The number of rotatable bonds is 5. The molecule has 138 valence electrons. The largest absolute Gasteiger partial charge is 1.00 e. The lowest BCUT2D eigenvalue weighted by Gasteiger charge is -1.95. The third-order valence-corrected chi connectivity index (χ3v) is 7.25. The highest BCUT2D eigenvalue weighted by molar-refractivity contribution is 7.18. The molecule has 4 aromatic rings. The van der Waals surface area contributed by atoms with Gasteiger partial charge in [0.15, 0.2) is 0 Å². The van der Waals surface area contributed by atoms with E-state index >= 15 is 0 Å². The zero-order valence-electron chi connectivity index (χ0n) is 14.9. The van der Waals surface area contributed by atoms with Crippen LogP contribution in [0.4, 0.5) is 0 Å². The molecule has 2 heterocycles. The molecule has 0 fully saturated rings. The molecule has 0 bridgehead atoms. The smallest absolute Gasteiger partial charge is 0.238 e. The van der Waals surface area contributed by atoms with E-state index in [0.717, 1.165) is 0 Å². The summed E-state index contributed by atoms with van der Waals surface area (Å²) in [6.45, 7) is 0. The molecule has 0 spiro atoms. The number of nitrogens with zero attached hydrogens (tertiary/aromatic N) is 2. The third kappa shape index (κ3) is 4.39. The first-order valence-electron chi connectivity index (χ1n) is 8.47. The lowest BCUT2D eigenvalue weighted by molar-refractivity contribution is -0.648. The van der Waals surface area contributed by atoms with Crippen LogP contribution in [-0.2, 0) is 26.9 Å². The molecule has 0 amide bonds. The number of aryl methyl sites for hydroxylation is 4. The van der Waals surface area contributed by atoms with Gasteiger partial charge in [0.1, 0.15) is 23.5 Å². The molecule has 2 aromatic heterocycles. The van der Waals surface area contributed by atoms with E-state index in [1.165, 1.54) is 56.1 Å². The van der Waals surface area contributed by atoms with Crippen LogP contribution in [0.25, 0.3) is 20.4 Å². The Labute approximate surface area is 196 Å². The van der Waals surface area contributed by atoms with E-state index in [4.69, 9.17) is 0 Å². The van der Waals surface area contributed by atoms with Gasteiger partial charge in [0.2, 0.25) is 21.0 Å². The van der Waals surface area contributed by atoms with Crippen molar-refractivity contribution >= 4 is 43.1 Å². The first-order valence-corrected chi connectivity index (χ1v) is 10.1. The first-order chi connectivity index (χ1) is 11.7. The van der Waals surface area contributed by atoms with E-state index < -0.39 is 0 Å². The van der Waals surface area contributed by atoms with Gasteiger partial charge in [-0.1, -0.05) is 46.9 Å². The maximum atomic E-state index is 2.36. The Balaban J connectivity index is 0.00000121. The molecule has 2 aromatic carbocycles. The van der Waals surface area contributed by atoms with Crippen LogP contribution in [-0.4, -0.2) is 0 Å². The summed E-state index contributed by atoms with van der Waals surface area (Å²) < 4.78 is 7.51. The zero-order chi connectivity index (χ0) is 16.5. The van der Waals surface area contributed by atoms with Crippen LogP contribution >= 0.6 is 22.7 Å². The van der Waals surface area contributed by atoms with Crippen molar-refractivity contribution in [1.29, 1.82) is 0 Å². The molecule has 0 aliphatic rings. The number of benzene rings is 2. The highest BCUT2D eigenvalue weighted by Gasteiger charge is 2.18. The monoisotopic (exact) mass is 608 g/mol. The van der Waals surface area contributed by atoms with Gasteiger partial charge in [-0.2, -0.15) is 9.13 Å². The first kappa shape index (κ1) is 22.0. The summed E-state index contributed by atoms with van der Waals surface area (Å²) in [5.41, 5.74) is 2.71. The van der Waals surface area contributed by atoms with Crippen molar-refractivity contribution in [3.8, 4) is 0 Å². The normalized spacial score (nSPS) is 10.7. The minimum Gasteiger partial charge on any atom is -1.00 e. The highest BCUT2D eigenvalue weighted by atomic mass is 127. The van der Waals surface area contributed by atoms with Crippen molar-refractivity contribution < 1.29 is 57.1 Å². The molecule has 0 aliphatic heterocycles. The van der Waals surface area contributed by atoms with Gasteiger partial charge in [0, 0.05) is 25.0 Å². The second-order valence-electron chi connectivity index (χ2n) is 6.25. The molecule has 0 saturated heterocycles. The number of unbranched alkanes of at least 4 members (excludes halogenated alkanes) is 1. The Bertz CT molecular complexity index is 926. The number of para-hydroxylation sites is 2. The summed E-state index contributed by atoms with van der Waals surface area (Å²) in [5, 5.41) is 2.97. The predicted molar refractivity (Wildman–Crippen MR) is 103 cm³/mol. The molecular formula is C20H22I2N2S2. The van der Waals surface area contributed by atoms with Gasteiger partial charge in [-0.05, 0) is 25.0 Å². The molecule has 0 atom stereocenters. The van der Waals surface area contributed by atoms with E-state index in [1.54, 1.807) is 0 Å². The minimum atomic E-state index is 0. The summed E-state index contributed by atoms with van der Waals surface area (Å²) in [4.78, 5) is 0. The molecule has 0 N–H and O–H groups in total. The Morgan fingerprint density at radius 1 is 0.654 bits per heavy atom. The number of halogens is 2. The summed E-state index contributed by atoms with van der Waals surface area (Å²) in [7, 11) is 4.39. The fourth-order valence-electron chi connectivity index (χ4n) is 3.29. The van der Waals surface area contributed by atoms with Gasteiger partial charge in [-0.25, -0.2) is 0 Å². The summed E-state index contributed by atoms with van der Waals surface area (Å²) in [6, 6.07) is 17.4. The molecule has 26 heavy (non-hydrogen) atoms. The van der Waals surface area contributed by atoms with Crippen molar-refractivity contribution in [2.24, 2.45) is 14.1 Å². The van der Waals surface area contributed by atoms with E-state index in [2.05, 4.69) is 71.8 Å². The van der Waals surface area contributed by atoms with E-state index in [0.29, 0.717) is 0 Å². The van der Waals surface area contributed by atoms with Gasteiger partial charge < -0.3 is 48.0 Å². The quantitative estimate of drug-likeness (QED) is 0.146. The summed E-state index contributed by atoms with van der Waals surface area (Å²) in [6.07, 6.45) is 4.83. The van der Waals surface area contributed by atoms with Crippen LogP contribution in [0.15, 0.2) is 48.5 Å². The molecule has 0 saturated carbocycles. The average molecular weight is 608 g/mol. The SMILES string of the molecule is C[n+]1c(CCCCc2sc3ccccc3[n+]2C)sc2ccccc21.[I-].[I-]. The summed E-state index contributed by atoms with van der Waals surface area (Å²) in [5.74, 6) is 0. The lowest BCUT2D eigenvalue weighted by Crippen LogP contribution is -3.00. The second kappa shape index (κ2) is 9.75. The van der Waals surface area contributed by atoms with Crippen LogP contribution in [0.1, 0.15) is 22.9 Å². The van der Waals surface area contributed by atoms with E-state index in [9.17, 15) is 0 Å². The molecule has 6 heteroatoms. The topological polar surface area (TPSA) is 7.76 Å². The Morgan fingerprint density at radius 2 is 1.04 bits per heavy atom. The van der Waals surface area contributed by atoms with E-state index in [-0.39, 0.29) is 48.0 Å². The third-order valence-electron chi connectivity index (χ3n) is 4.69. The fraction of sp³-hybridized carbons (Fsp3) is 0.300. The van der Waals surface area contributed by atoms with Crippen molar-refractivity contribution in [1.82, 2.24) is 0 Å². The van der Waals surface area contributed by atoms with Crippen molar-refractivity contribution in [3.05, 3.63) is 58.5 Å². The predicted octanol–water partition coefficient (Wildman–Crippen LogP) is -1.66. The number of hydrogen-bond donors (Lipinski definition) is 0. The second-order valence-corrected chi connectivity index (χ2v) is 8.48. The maximum Gasteiger partial charge on any atom is 0.238 e. The number of thiazole rings is 2. The van der Waals surface area contributed by atoms with Crippen LogP contribution in [0.3, 0.4) is 0 Å². The zero-order valence-corrected chi connectivity index (χ0v) is 20.9. The van der Waals surface area contributed by atoms with Crippen LogP contribution in [0, 0.1) is 0 Å². The van der Waals surface area contributed by atoms with Crippen molar-refractivity contribution in [2.45, 2.75) is 25.7 Å². The van der Waals surface area contributed by atoms with E-state index in [1.807, 2.05) is 22.7 Å². The maximum absolute atomic E-state index is 2.36. The Kier molecular flexibility index (Phi) is 8.24. The minimum absolute atomic E-state index is 0. The van der Waals surface area contributed by atoms with Gasteiger partial charge in [-0.3, -0.25) is 0 Å². The van der Waals surface area contributed by atoms with Crippen molar-refractivity contribution in [2.75, 3.05) is 0 Å². The average Bonchev–Trinajstić information content (AvgIpc) is 3.10. The number of fused-ring (bicyclic) bond motifs is 2. The van der Waals surface area contributed by atoms with Crippen molar-refractivity contribution in [3.63, 3.8) is 0 Å². The molecule has 4 rings (SSSR count). The highest BCUT2D eigenvalue weighted by Crippen LogP contribution is 2.23. The van der Waals surface area contributed by atoms with Gasteiger partial charge in [0.25, 0.3) is 0 Å². The molecular weight excluding hydrogens is 586 g/mol. The van der Waals surface area contributed by atoms with Gasteiger partial charge >= 0.3 is 0 Å². The molecule has 0 unspecified atom stereocenters. The molecule has 0 aliphatic carbocycles. The van der Waals surface area contributed by atoms with Crippen LogP contribution < -0.4 is 57.1 Å². The molecule has 0 radical (unpaired) electrons. The summed E-state index contributed by atoms with van der Waals surface area (Å²) >= 11 is 3.87.